The molecule has 7 nitrogen and oxygen atoms in total. The van der Waals surface area contributed by atoms with Gasteiger partial charge in [-0.15, -0.1) is 0 Å². The Morgan fingerprint density at radius 1 is 1.10 bits per heavy atom. The highest BCUT2D eigenvalue weighted by atomic mass is 16.5. The van der Waals surface area contributed by atoms with Crippen molar-refractivity contribution in [2.75, 3.05) is 17.3 Å². The van der Waals surface area contributed by atoms with Crippen molar-refractivity contribution in [2.45, 2.75) is 32.4 Å². The van der Waals surface area contributed by atoms with Gasteiger partial charge in [-0.25, -0.2) is 9.59 Å². The van der Waals surface area contributed by atoms with E-state index in [0.29, 0.717) is 11.4 Å². The molecule has 0 radical (unpaired) electrons. The lowest BCUT2D eigenvalue weighted by Gasteiger charge is -2.38. The molecule has 0 unspecified atom stereocenters. The Bertz CT molecular complexity index is 898. The van der Waals surface area contributed by atoms with E-state index in [2.05, 4.69) is 10.6 Å². The Labute approximate surface area is 170 Å². The molecular weight excluding hydrogens is 370 g/mol. The van der Waals surface area contributed by atoms with Gasteiger partial charge in [0.2, 0.25) is 5.91 Å². The van der Waals surface area contributed by atoms with Crippen molar-refractivity contribution in [1.82, 2.24) is 5.32 Å². The van der Waals surface area contributed by atoms with Gasteiger partial charge in [0.25, 0.3) is 0 Å². The van der Waals surface area contributed by atoms with Crippen LogP contribution < -0.4 is 15.5 Å². The Kier molecular flexibility index (Phi) is 6.16. The second-order valence-electron chi connectivity index (χ2n) is 7.28. The number of carbonyl (C=O) groups excluding carboxylic acids is 3. The van der Waals surface area contributed by atoms with Gasteiger partial charge in [0, 0.05) is 6.42 Å². The fourth-order valence-corrected chi connectivity index (χ4v) is 3.50. The number of benzene rings is 2. The molecule has 152 valence electrons. The number of urea groups is 1. The van der Waals surface area contributed by atoms with Crippen LogP contribution in [-0.4, -0.2) is 37.1 Å². The van der Waals surface area contributed by atoms with Crippen LogP contribution in [0.3, 0.4) is 0 Å². The van der Waals surface area contributed by atoms with Crippen molar-refractivity contribution in [3.05, 3.63) is 60.2 Å². The first-order valence-corrected chi connectivity index (χ1v) is 9.53. The standard InChI is InChI=1S/C22H25N3O4/c1-14(2)19-20(26)23-16-11-7-8-12-18(16)25(19)22(28)24-17(21(27)29-3)13-15-9-5-4-6-10-15/h4-12,14,17,19H,13H2,1-3H3,(H,23,26)(H,24,28)/t17-,19-/m0/s1. The van der Waals surface area contributed by atoms with Crippen molar-refractivity contribution in [3.63, 3.8) is 0 Å². The molecule has 0 aliphatic carbocycles. The normalized spacial score (nSPS) is 16.6. The highest BCUT2D eigenvalue weighted by Gasteiger charge is 2.39. The lowest BCUT2D eigenvalue weighted by atomic mass is 9.98. The van der Waals surface area contributed by atoms with E-state index in [1.54, 1.807) is 24.3 Å². The van der Waals surface area contributed by atoms with Crippen LogP contribution in [0.5, 0.6) is 0 Å². The largest absolute Gasteiger partial charge is 0.467 e. The quantitative estimate of drug-likeness (QED) is 0.762. The van der Waals surface area contributed by atoms with Crippen LogP contribution in [-0.2, 0) is 20.7 Å². The van der Waals surface area contributed by atoms with E-state index in [0.717, 1.165) is 5.56 Å². The second-order valence-corrected chi connectivity index (χ2v) is 7.28. The molecule has 3 amide bonds. The summed E-state index contributed by atoms with van der Waals surface area (Å²) in [5.74, 6) is -0.927. The van der Waals surface area contributed by atoms with E-state index >= 15 is 0 Å². The first kappa shape index (κ1) is 20.4. The van der Waals surface area contributed by atoms with Crippen LogP contribution in [0.2, 0.25) is 0 Å². The van der Waals surface area contributed by atoms with Gasteiger partial charge in [-0.2, -0.15) is 0 Å². The molecule has 0 saturated carbocycles. The lowest BCUT2D eigenvalue weighted by Crippen LogP contribution is -2.59. The topological polar surface area (TPSA) is 87.7 Å². The maximum atomic E-state index is 13.3. The van der Waals surface area contributed by atoms with E-state index in [4.69, 9.17) is 4.74 Å². The van der Waals surface area contributed by atoms with Crippen molar-refractivity contribution >= 4 is 29.3 Å². The number of methoxy groups -OCH3 is 1. The average molecular weight is 395 g/mol. The van der Waals surface area contributed by atoms with Crippen LogP contribution in [0, 0.1) is 5.92 Å². The maximum Gasteiger partial charge on any atom is 0.328 e. The number of esters is 1. The number of ether oxygens (including phenoxy) is 1. The van der Waals surface area contributed by atoms with Crippen LogP contribution in [0.1, 0.15) is 19.4 Å². The number of para-hydroxylation sites is 2. The highest BCUT2D eigenvalue weighted by Crippen LogP contribution is 2.34. The van der Waals surface area contributed by atoms with Crippen LogP contribution in [0.4, 0.5) is 16.2 Å². The molecule has 0 spiro atoms. The van der Waals surface area contributed by atoms with Gasteiger partial charge < -0.3 is 15.4 Å². The molecular formula is C22H25N3O4. The van der Waals surface area contributed by atoms with Gasteiger partial charge in [0.05, 0.1) is 18.5 Å². The summed E-state index contributed by atoms with van der Waals surface area (Å²) in [6, 6.07) is 14.4. The second kappa shape index (κ2) is 8.77. The molecule has 2 aromatic rings. The number of rotatable bonds is 5. The molecule has 0 aromatic heterocycles. The minimum absolute atomic E-state index is 0.125. The van der Waals surface area contributed by atoms with Crippen LogP contribution in [0.25, 0.3) is 0 Å². The number of fused-ring (bicyclic) bond motifs is 1. The van der Waals surface area contributed by atoms with Crippen molar-refractivity contribution in [2.24, 2.45) is 5.92 Å². The van der Waals surface area contributed by atoms with Gasteiger partial charge in [-0.3, -0.25) is 9.69 Å². The fourth-order valence-electron chi connectivity index (χ4n) is 3.50. The number of nitrogens with one attached hydrogen (secondary N) is 2. The summed E-state index contributed by atoms with van der Waals surface area (Å²) in [6.45, 7) is 3.75. The monoisotopic (exact) mass is 395 g/mol. The molecule has 1 aliphatic heterocycles. The molecule has 2 atom stereocenters. The van der Waals surface area contributed by atoms with Gasteiger partial charge in [0.1, 0.15) is 12.1 Å². The van der Waals surface area contributed by atoms with Gasteiger partial charge in [-0.05, 0) is 23.6 Å². The van der Waals surface area contributed by atoms with E-state index in [1.165, 1.54) is 12.0 Å². The molecule has 2 N–H and O–H groups in total. The Balaban J connectivity index is 1.91. The average Bonchev–Trinajstić information content (AvgIpc) is 2.72. The summed E-state index contributed by atoms with van der Waals surface area (Å²) in [6.07, 6.45) is 0.285. The Morgan fingerprint density at radius 2 is 1.76 bits per heavy atom. The minimum atomic E-state index is -0.875. The summed E-state index contributed by atoms with van der Waals surface area (Å²) in [5.41, 5.74) is 2.04. The Hall–Kier alpha value is -3.35. The van der Waals surface area contributed by atoms with E-state index < -0.39 is 24.1 Å². The molecule has 7 heteroatoms. The molecule has 0 fully saturated rings. The zero-order valence-corrected chi connectivity index (χ0v) is 16.7. The predicted octanol–water partition coefficient (Wildman–Crippen LogP) is 2.96. The zero-order chi connectivity index (χ0) is 21.0. The predicted molar refractivity (Wildman–Crippen MR) is 111 cm³/mol. The number of hydrogen-bond acceptors (Lipinski definition) is 4. The molecule has 2 aromatic carbocycles. The number of carbonyl (C=O) groups is 3. The summed E-state index contributed by atoms with van der Waals surface area (Å²) in [5, 5.41) is 5.62. The first-order valence-electron chi connectivity index (χ1n) is 9.53. The van der Waals surface area contributed by atoms with Gasteiger partial charge in [0.15, 0.2) is 0 Å². The number of anilines is 2. The van der Waals surface area contributed by atoms with E-state index in [9.17, 15) is 14.4 Å². The lowest BCUT2D eigenvalue weighted by molar-refractivity contribution is -0.142. The molecule has 1 aliphatic rings. The summed E-state index contributed by atoms with van der Waals surface area (Å²) >= 11 is 0. The molecule has 0 saturated heterocycles. The summed E-state index contributed by atoms with van der Waals surface area (Å²) in [4.78, 5) is 39.7. The fraction of sp³-hybridized carbons (Fsp3) is 0.318. The summed E-state index contributed by atoms with van der Waals surface area (Å²) < 4.78 is 4.89. The highest BCUT2D eigenvalue weighted by molar-refractivity contribution is 6.12. The number of amides is 3. The van der Waals surface area contributed by atoms with Crippen molar-refractivity contribution in [3.8, 4) is 0 Å². The van der Waals surface area contributed by atoms with Crippen molar-refractivity contribution < 1.29 is 19.1 Å². The van der Waals surface area contributed by atoms with Crippen LogP contribution >= 0.6 is 0 Å². The Morgan fingerprint density at radius 3 is 2.41 bits per heavy atom. The third-order valence-electron chi connectivity index (χ3n) is 4.88. The molecule has 3 rings (SSSR count). The van der Waals surface area contributed by atoms with Crippen molar-refractivity contribution in [1.29, 1.82) is 0 Å². The third-order valence-corrected chi connectivity index (χ3v) is 4.88. The van der Waals surface area contributed by atoms with Gasteiger partial charge >= 0.3 is 12.0 Å². The zero-order valence-electron chi connectivity index (χ0n) is 16.7. The van der Waals surface area contributed by atoms with Crippen LogP contribution in [0.15, 0.2) is 54.6 Å². The molecule has 0 bridgehead atoms. The number of hydrogen-bond donors (Lipinski definition) is 2. The molecule has 1 heterocycles. The minimum Gasteiger partial charge on any atom is -0.467 e. The van der Waals surface area contributed by atoms with E-state index in [1.807, 2.05) is 44.2 Å². The first-order chi connectivity index (χ1) is 13.9. The van der Waals surface area contributed by atoms with Gasteiger partial charge in [-0.1, -0.05) is 56.3 Å². The number of nitrogens with zero attached hydrogens (tertiary/aromatic N) is 1. The maximum absolute atomic E-state index is 13.3. The third kappa shape index (κ3) is 4.39. The van der Waals surface area contributed by atoms with E-state index in [-0.39, 0.29) is 18.2 Å². The summed E-state index contributed by atoms with van der Waals surface area (Å²) in [7, 11) is 1.28. The SMILES string of the molecule is COC(=O)[C@H](Cc1ccccc1)NC(=O)N1c2ccccc2NC(=O)[C@@H]1C(C)C. The smallest absolute Gasteiger partial charge is 0.328 e. The molecule has 29 heavy (non-hydrogen) atoms.